The van der Waals surface area contributed by atoms with E-state index < -0.39 is 0 Å². The average Bonchev–Trinajstić information content (AvgIpc) is 1.95. The van der Waals surface area contributed by atoms with Crippen LogP contribution in [0.15, 0.2) is 12.7 Å². The Labute approximate surface area is 64.3 Å². The van der Waals surface area contributed by atoms with Gasteiger partial charge >= 0.3 is 0 Å². The summed E-state index contributed by atoms with van der Waals surface area (Å²) < 4.78 is 0. The van der Waals surface area contributed by atoms with Crippen molar-refractivity contribution in [1.29, 1.82) is 0 Å². The van der Waals surface area contributed by atoms with Crippen LogP contribution in [0, 0.1) is 17.8 Å². The molecule has 1 rings (SSSR count). The van der Waals surface area contributed by atoms with E-state index >= 15 is 0 Å². The third-order valence-corrected chi connectivity index (χ3v) is 2.97. The third kappa shape index (κ3) is 1.62. The molecule has 1 aliphatic carbocycles. The first-order valence-electron chi connectivity index (χ1n) is 4.36. The molecular weight excluding hydrogens is 120 g/mol. The molecule has 1 saturated carbocycles. The van der Waals surface area contributed by atoms with Crippen LogP contribution in [-0.4, -0.2) is 0 Å². The quantitative estimate of drug-likeness (QED) is 0.488. The highest BCUT2D eigenvalue weighted by atomic mass is 14.3. The van der Waals surface area contributed by atoms with Crippen LogP contribution in [0.5, 0.6) is 0 Å². The van der Waals surface area contributed by atoms with Crippen molar-refractivity contribution < 1.29 is 0 Å². The van der Waals surface area contributed by atoms with E-state index in [1.165, 1.54) is 19.3 Å². The summed E-state index contributed by atoms with van der Waals surface area (Å²) in [5.41, 5.74) is 0. The number of hydrogen-bond donors (Lipinski definition) is 0. The van der Waals surface area contributed by atoms with Crippen LogP contribution in [0.2, 0.25) is 0 Å². The zero-order valence-corrected chi connectivity index (χ0v) is 7.14. The van der Waals surface area contributed by atoms with E-state index in [1.54, 1.807) is 0 Å². The molecule has 3 atom stereocenters. The molecule has 0 amide bonds. The second kappa shape index (κ2) is 3.23. The van der Waals surface area contributed by atoms with Gasteiger partial charge in [-0.1, -0.05) is 19.9 Å². The molecule has 1 fully saturated rings. The van der Waals surface area contributed by atoms with Crippen molar-refractivity contribution in [2.45, 2.75) is 33.1 Å². The molecule has 0 nitrogen and oxygen atoms in total. The Hall–Kier alpha value is -0.260. The summed E-state index contributed by atoms with van der Waals surface area (Å²) in [4.78, 5) is 0. The molecule has 0 N–H and O–H groups in total. The minimum absolute atomic E-state index is 0.811. The van der Waals surface area contributed by atoms with Gasteiger partial charge in [-0.25, -0.2) is 0 Å². The zero-order chi connectivity index (χ0) is 7.56. The standard InChI is InChI=1S/C10H18/c1-4-10-6-5-8(2)9(3)7-10/h4,8-10H,1,5-7H2,2-3H3. The molecule has 0 aromatic heterocycles. The van der Waals surface area contributed by atoms with E-state index in [2.05, 4.69) is 26.5 Å². The van der Waals surface area contributed by atoms with Crippen LogP contribution in [0.25, 0.3) is 0 Å². The molecule has 0 aromatic rings. The van der Waals surface area contributed by atoms with Crippen LogP contribution in [0.3, 0.4) is 0 Å². The van der Waals surface area contributed by atoms with E-state index in [0.717, 1.165) is 17.8 Å². The molecule has 0 bridgehead atoms. The van der Waals surface area contributed by atoms with E-state index in [-0.39, 0.29) is 0 Å². The second-order valence-corrected chi connectivity index (χ2v) is 3.76. The largest absolute Gasteiger partial charge is 0.103 e. The molecule has 3 unspecified atom stereocenters. The molecule has 0 heterocycles. The predicted molar refractivity (Wildman–Crippen MR) is 45.9 cm³/mol. The average molecular weight is 138 g/mol. The summed E-state index contributed by atoms with van der Waals surface area (Å²) in [7, 11) is 0. The second-order valence-electron chi connectivity index (χ2n) is 3.76. The summed E-state index contributed by atoms with van der Waals surface area (Å²) in [5, 5.41) is 0. The van der Waals surface area contributed by atoms with Gasteiger partial charge in [0, 0.05) is 0 Å². The Bertz CT molecular complexity index is 115. The van der Waals surface area contributed by atoms with E-state index in [0.29, 0.717) is 0 Å². The van der Waals surface area contributed by atoms with Gasteiger partial charge in [-0.2, -0.15) is 0 Å². The van der Waals surface area contributed by atoms with Gasteiger partial charge in [0.05, 0.1) is 0 Å². The fraction of sp³-hybridized carbons (Fsp3) is 0.800. The molecule has 10 heavy (non-hydrogen) atoms. The maximum atomic E-state index is 3.84. The first-order valence-corrected chi connectivity index (χ1v) is 4.36. The highest BCUT2D eigenvalue weighted by molar-refractivity contribution is 4.85. The predicted octanol–water partition coefficient (Wildman–Crippen LogP) is 3.24. The molecular formula is C10H18. The maximum absolute atomic E-state index is 3.84. The van der Waals surface area contributed by atoms with Crippen LogP contribution in [0.4, 0.5) is 0 Å². The van der Waals surface area contributed by atoms with E-state index in [1.807, 2.05) is 0 Å². The Balaban J connectivity index is 2.40. The van der Waals surface area contributed by atoms with Crippen molar-refractivity contribution in [3.8, 4) is 0 Å². The summed E-state index contributed by atoms with van der Waals surface area (Å²) in [5.74, 6) is 2.67. The van der Waals surface area contributed by atoms with E-state index in [9.17, 15) is 0 Å². The normalized spacial score (nSPS) is 41.2. The topological polar surface area (TPSA) is 0 Å². The molecule has 0 heteroatoms. The summed E-state index contributed by atoms with van der Waals surface area (Å²) in [6.07, 6.45) is 6.26. The Kier molecular flexibility index (Phi) is 2.53. The lowest BCUT2D eigenvalue weighted by Gasteiger charge is -2.30. The summed E-state index contributed by atoms with van der Waals surface area (Å²) >= 11 is 0. The van der Waals surface area contributed by atoms with Crippen molar-refractivity contribution in [3.05, 3.63) is 12.7 Å². The fourth-order valence-electron chi connectivity index (χ4n) is 1.80. The smallest absolute Gasteiger partial charge is 0.0233 e. The summed E-state index contributed by atoms with van der Waals surface area (Å²) in [6.45, 7) is 8.57. The van der Waals surface area contributed by atoms with Crippen molar-refractivity contribution >= 4 is 0 Å². The van der Waals surface area contributed by atoms with Gasteiger partial charge < -0.3 is 0 Å². The van der Waals surface area contributed by atoms with Crippen molar-refractivity contribution in [1.82, 2.24) is 0 Å². The van der Waals surface area contributed by atoms with Gasteiger partial charge in [0.15, 0.2) is 0 Å². The highest BCUT2D eigenvalue weighted by Crippen LogP contribution is 2.33. The molecule has 58 valence electrons. The van der Waals surface area contributed by atoms with Crippen LogP contribution in [-0.2, 0) is 0 Å². The molecule has 0 spiro atoms. The Morgan fingerprint density at radius 3 is 2.40 bits per heavy atom. The van der Waals surface area contributed by atoms with Crippen LogP contribution >= 0.6 is 0 Å². The van der Waals surface area contributed by atoms with Gasteiger partial charge in [-0.3, -0.25) is 0 Å². The first-order chi connectivity index (χ1) is 4.74. The Morgan fingerprint density at radius 2 is 1.90 bits per heavy atom. The number of hydrogen-bond acceptors (Lipinski definition) is 0. The van der Waals surface area contributed by atoms with Gasteiger partial charge in [0.25, 0.3) is 0 Å². The fourth-order valence-corrected chi connectivity index (χ4v) is 1.80. The monoisotopic (exact) mass is 138 g/mol. The lowest BCUT2D eigenvalue weighted by atomic mass is 9.76. The van der Waals surface area contributed by atoms with E-state index in [4.69, 9.17) is 0 Å². The van der Waals surface area contributed by atoms with Crippen molar-refractivity contribution in [2.24, 2.45) is 17.8 Å². The minimum Gasteiger partial charge on any atom is -0.103 e. The maximum Gasteiger partial charge on any atom is -0.0233 e. The number of allylic oxidation sites excluding steroid dienone is 1. The van der Waals surface area contributed by atoms with Gasteiger partial charge in [0.1, 0.15) is 0 Å². The van der Waals surface area contributed by atoms with Gasteiger partial charge in [0.2, 0.25) is 0 Å². The van der Waals surface area contributed by atoms with Crippen molar-refractivity contribution in [2.75, 3.05) is 0 Å². The van der Waals surface area contributed by atoms with Gasteiger partial charge in [-0.05, 0) is 37.0 Å². The first kappa shape index (κ1) is 7.84. The Morgan fingerprint density at radius 1 is 1.20 bits per heavy atom. The number of rotatable bonds is 1. The lowest BCUT2D eigenvalue weighted by Crippen LogP contribution is -2.19. The lowest BCUT2D eigenvalue weighted by molar-refractivity contribution is 0.237. The van der Waals surface area contributed by atoms with Gasteiger partial charge in [-0.15, -0.1) is 6.58 Å². The molecule has 0 aromatic carbocycles. The summed E-state index contributed by atoms with van der Waals surface area (Å²) in [6, 6.07) is 0. The molecule has 0 radical (unpaired) electrons. The highest BCUT2D eigenvalue weighted by Gasteiger charge is 2.21. The van der Waals surface area contributed by atoms with Crippen molar-refractivity contribution in [3.63, 3.8) is 0 Å². The minimum atomic E-state index is 0.811. The van der Waals surface area contributed by atoms with Crippen LogP contribution in [0.1, 0.15) is 33.1 Å². The molecule has 1 aliphatic rings. The van der Waals surface area contributed by atoms with Crippen LogP contribution < -0.4 is 0 Å². The SMILES string of the molecule is C=CC1CCC(C)C(C)C1. The molecule has 0 saturated heterocycles. The third-order valence-electron chi connectivity index (χ3n) is 2.97. The molecule has 0 aliphatic heterocycles. The zero-order valence-electron chi connectivity index (χ0n) is 7.14.